The van der Waals surface area contributed by atoms with Gasteiger partial charge in [-0.25, -0.2) is 9.59 Å². The van der Waals surface area contributed by atoms with Crippen LogP contribution < -0.4 is 0 Å². The summed E-state index contributed by atoms with van der Waals surface area (Å²) in [6.45, 7) is 0. The Balaban J connectivity index is 4.22. The van der Waals surface area contributed by atoms with E-state index in [2.05, 4.69) is 4.99 Å². The molecular formula is C5H5NO5. The standard InChI is InChI=1S/C5H5NO5/c7-2-6-3(5(10)11)1-4(8)9/h3H,1H2,(H,8,9)(H,10,11)/t3-/m1/s1. The summed E-state index contributed by atoms with van der Waals surface area (Å²) in [7, 11) is 0. The zero-order valence-electron chi connectivity index (χ0n) is 5.35. The van der Waals surface area contributed by atoms with Crippen molar-refractivity contribution in [1.82, 2.24) is 0 Å². The second-order valence-electron chi connectivity index (χ2n) is 1.67. The van der Waals surface area contributed by atoms with Gasteiger partial charge in [0.15, 0.2) is 6.04 Å². The lowest BCUT2D eigenvalue weighted by atomic mass is 10.2. The number of carboxylic acids is 2. The average molecular weight is 159 g/mol. The van der Waals surface area contributed by atoms with Crippen molar-refractivity contribution in [2.24, 2.45) is 4.99 Å². The topological polar surface area (TPSA) is 104 Å². The Hall–Kier alpha value is -1.68. The van der Waals surface area contributed by atoms with Gasteiger partial charge >= 0.3 is 11.9 Å². The maximum absolute atomic E-state index is 10.1. The van der Waals surface area contributed by atoms with Crippen LogP contribution in [0.1, 0.15) is 6.42 Å². The van der Waals surface area contributed by atoms with Crippen molar-refractivity contribution in [1.29, 1.82) is 0 Å². The van der Waals surface area contributed by atoms with Crippen molar-refractivity contribution < 1.29 is 24.6 Å². The number of aliphatic carboxylic acids is 2. The predicted octanol–water partition coefficient (Wildman–Crippen LogP) is -0.750. The van der Waals surface area contributed by atoms with E-state index in [4.69, 9.17) is 10.2 Å². The van der Waals surface area contributed by atoms with Gasteiger partial charge in [-0.3, -0.25) is 4.79 Å². The molecule has 0 unspecified atom stereocenters. The van der Waals surface area contributed by atoms with Gasteiger partial charge in [-0.2, -0.15) is 4.99 Å². The van der Waals surface area contributed by atoms with Crippen LogP contribution in [0.5, 0.6) is 0 Å². The third kappa shape index (κ3) is 3.83. The fourth-order valence-electron chi connectivity index (χ4n) is 0.417. The fourth-order valence-corrected chi connectivity index (χ4v) is 0.417. The number of nitrogens with zero attached hydrogens (tertiary/aromatic N) is 1. The Morgan fingerprint density at radius 1 is 1.45 bits per heavy atom. The number of hydrogen-bond acceptors (Lipinski definition) is 4. The molecule has 0 aliphatic heterocycles. The third-order valence-electron chi connectivity index (χ3n) is 0.862. The van der Waals surface area contributed by atoms with Crippen molar-refractivity contribution >= 4 is 18.0 Å². The summed E-state index contributed by atoms with van der Waals surface area (Å²) in [4.78, 5) is 32.4. The molecule has 0 fully saturated rings. The number of carbonyl (C=O) groups excluding carboxylic acids is 1. The SMILES string of the molecule is O=C=N[C@H](CC(=O)O)C(=O)O. The van der Waals surface area contributed by atoms with Crippen molar-refractivity contribution in [3.05, 3.63) is 0 Å². The van der Waals surface area contributed by atoms with Crippen molar-refractivity contribution in [3.63, 3.8) is 0 Å². The molecule has 1 atom stereocenters. The van der Waals surface area contributed by atoms with E-state index in [0.717, 1.165) is 6.08 Å². The number of carboxylic acid groups (broad SMARTS) is 2. The quantitative estimate of drug-likeness (QED) is 0.414. The predicted molar refractivity (Wildman–Crippen MR) is 31.8 cm³/mol. The molecule has 0 aromatic carbocycles. The molecule has 0 aliphatic carbocycles. The van der Waals surface area contributed by atoms with Gasteiger partial charge in [0, 0.05) is 0 Å². The maximum atomic E-state index is 10.1. The van der Waals surface area contributed by atoms with E-state index < -0.39 is 24.4 Å². The van der Waals surface area contributed by atoms with Crippen LogP contribution in [0.25, 0.3) is 0 Å². The maximum Gasteiger partial charge on any atom is 0.329 e. The average Bonchev–Trinajstić information content (AvgIpc) is 1.86. The van der Waals surface area contributed by atoms with Gasteiger partial charge in [-0.15, -0.1) is 0 Å². The summed E-state index contributed by atoms with van der Waals surface area (Å²) in [6.07, 6.45) is 0.282. The summed E-state index contributed by atoms with van der Waals surface area (Å²) in [6, 6.07) is -1.52. The van der Waals surface area contributed by atoms with E-state index in [9.17, 15) is 14.4 Å². The van der Waals surface area contributed by atoms with E-state index >= 15 is 0 Å². The number of carbonyl (C=O) groups is 2. The number of hydrogen-bond donors (Lipinski definition) is 2. The second-order valence-corrected chi connectivity index (χ2v) is 1.67. The van der Waals surface area contributed by atoms with Gasteiger partial charge in [0.25, 0.3) is 0 Å². The first-order valence-corrected chi connectivity index (χ1v) is 2.59. The van der Waals surface area contributed by atoms with Crippen LogP contribution in [0.2, 0.25) is 0 Å². The number of isocyanates is 1. The molecule has 0 bridgehead atoms. The van der Waals surface area contributed by atoms with Gasteiger partial charge in [0.1, 0.15) is 0 Å². The first-order valence-electron chi connectivity index (χ1n) is 2.59. The minimum atomic E-state index is -1.52. The smallest absolute Gasteiger partial charge is 0.329 e. The van der Waals surface area contributed by atoms with Crippen LogP contribution in [0.15, 0.2) is 4.99 Å². The van der Waals surface area contributed by atoms with Crippen LogP contribution in [0, 0.1) is 0 Å². The largest absolute Gasteiger partial charge is 0.481 e. The molecule has 0 aromatic heterocycles. The molecule has 60 valence electrons. The van der Waals surface area contributed by atoms with Gasteiger partial charge in [0.2, 0.25) is 6.08 Å². The Labute approximate surface area is 61.2 Å². The van der Waals surface area contributed by atoms with E-state index in [0.29, 0.717) is 0 Å². The van der Waals surface area contributed by atoms with Crippen molar-refractivity contribution in [2.45, 2.75) is 12.5 Å². The minimum Gasteiger partial charge on any atom is -0.481 e. The molecule has 0 saturated carbocycles. The highest BCUT2D eigenvalue weighted by Gasteiger charge is 2.19. The zero-order chi connectivity index (χ0) is 8.85. The van der Waals surface area contributed by atoms with Gasteiger partial charge < -0.3 is 10.2 Å². The van der Waals surface area contributed by atoms with Crippen LogP contribution in [0.4, 0.5) is 0 Å². The Kier molecular flexibility index (Phi) is 3.55. The van der Waals surface area contributed by atoms with Crippen LogP contribution >= 0.6 is 0 Å². The molecule has 0 amide bonds. The van der Waals surface area contributed by atoms with Gasteiger partial charge in [-0.05, 0) is 0 Å². The lowest BCUT2D eigenvalue weighted by molar-refractivity contribution is -0.144. The molecule has 0 aliphatic rings. The Morgan fingerprint density at radius 2 is 2.00 bits per heavy atom. The highest BCUT2D eigenvalue weighted by atomic mass is 16.4. The molecule has 0 spiro atoms. The van der Waals surface area contributed by atoms with Crippen molar-refractivity contribution in [3.8, 4) is 0 Å². The molecule has 0 aromatic rings. The fraction of sp³-hybridized carbons (Fsp3) is 0.400. The van der Waals surface area contributed by atoms with Gasteiger partial charge in [-0.1, -0.05) is 0 Å². The summed E-state index contributed by atoms with van der Waals surface area (Å²) in [5, 5.41) is 16.3. The molecule has 0 saturated heterocycles. The summed E-state index contributed by atoms with van der Waals surface area (Å²) in [5.41, 5.74) is 0. The highest BCUT2D eigenvalue weighted by Crippen LogP contribution is 1.96. The minimum absolute atomic E-state index is 0.704. The molecule has 6 nitrogen and oxygen atoms in total. The Bertz CT molecular complexity index is 215. The monoisotopic (exact) mass is 159 g/mol. The molecule has 0 radical (unpaired) electrons. The molecular weight excluding hydrogens is 154 g/mol. The lowest BCUT2D eigenvalue weighted by Crippen LogP contribution is -2.21. The second kappa shape index (κ2) is 4.19. The summed E-state index contributed by atoms with van der Waals surface area (Å²) < 4.78 is 0. The van der Waals surface area contributed by atoms with Crippen LogP contribution in [-0.2, 0) is 14.4 Å². The molecule has 0 heterocycles. The molecule has 2 N–H and O–H groups in total. The zero-order valence-corrected chi connectivity index (χ0v) is 5.35. The molecule has 11 heavy (non-hydrogen) atoms. The number of aliphatic imine (C=N–C) groups is 1. The summed E-state index contributed by atoms with van der Waals surface area (Å²) in [5.74, 6) is -2.77. The lowest BCUT2D eigenvalue weighted by Gasteiger charge is -1.98. The Morgan fingerprint density at radius 3 is 2.27 bits per heavy atom. The van der Waals surface area contributed by atoms with Crippen molar-refractivity contribution in [2.75, 3.05) is 0 Å². The third-order valence-corrected chi connectivity index (χ3v) is 0.862. The molecule has 0 rings (SSSR count). The van der Waals surface area contributed by atoms with Crippen LogP contribution in [-0.4, -0.2) is 34.3 Å². The first kappa shape index (κ1) is 9.32. The normalized spacial score (nSPS) is 11.3. The van der Waals surface area contributed by atoms with Crippen LogP contribution in [0.3, 0.4) is 0 Å². The first-order chi connectivity index (χ1) is 5.07. The van der Waals surface area contributed by atoms with E-state index in [1.807, 2.05) is 0 Å². The highest BCUT2D eigenvalue weighted by molar-refractivity contribution is 5.81. The van der Waals surface area contributed by atoms with E-state index in [-0.39, 0.29) is 0 Å². The van der Waals surface area contributed by atoms with Gasteiger partial charge in [0.05, 0.1) is 6.42 Å². The van der Waals surface area contributed by atoms with E-state index in [1.165, 1.54) is 0 Å². The van der Waals surface area contributed by atoms with E-state index in [1.54, 1.807) is 0 Å². The summed E-state index contributed by atoms with van der Waals surface area (Å²) >= 11 is 0. The molecule has 6 heteroatoms. The number of rotatable bonds is 4.